The first-order valence-corrected chi connectivity index (χ1v) is 6.94. The molecule has 1 aromatic carbocycles. The second-order valence-electron chi connectivity index (χ2n) is 4.38. The van der Waals surface area contributed by atoms with Crippen LogP contribution in [-0.4, -0.2) is 17.0 Å². The summed E-state index contributed by atoms with van der Waals surface area (Å²) in [6.45, 7) is 3.89. The number of carbonyl (C=O) groups excluding carboxylic acids is 1. The van der Waals surface area contributed by atoms with Crippen LogP contribution in [0, 0.1) is 11.7 Å². The molecular formula is C14H18BrFO2. The summed E-state index contributed by atoms with van der Waals surface area (Å²) in [6, 6.07) is 4.58. The molecule has 0 aliphatic heterocycles. The number of carbonyl (C=O) groups is 1. The van der Waals surface area contributed by atoms with Gasteiger partial charge in [-0.2, -0.15) is 0 Å². The number of hydrogen-bond donors (Lipinski definition) is 1. The van der Waals surface area contributed by atoms with Crippen molar-refractivity contribution in [2.75, 3.05) is 0 Å². The predicted molar refractivity (Wildman–Crippen MR) is 72.9 cm³/mol. The van der Waals surface area contributed by atoms with Crippen molar-refractivity contribution in [2.45, 2.75) is 39.2 Å². The Bertz CT molecular complexity index is 416. The largest absolute Gasteiger partial charge is 0.385 e. The molecule has 1 N–H and O–H groups in total. The Balaban J connectivity index is 2.78. The van der Waals surface area contributed by atoms with Gasteiger partial charge < -0.3 is 5.11 Å². The zero-order chi connectivity index (χ0) is 13.7. The lowest BCUT2D eigenvalue weighted by atomic mass is 9.91. The lowest BCUT2D eigenvalue weighted by Crippen LogP contribution is -2.30. The van der Waals surface area contributed by atoms with Crippen LogP contribution in [0.25, 0.3) is 0 Å². The van der Waals surface area contributed by atoms with Gasteiger partial charge in [-0.05, 0) is 33.5 Å². The van der Waals surface area contributed by atoms with Gasteiger partial charge >= 0.3 is 0 Å². The molecule has 0 aliphatic rings. The first-order chi connectivity index (χ1) is 8.51. The number of ketones is 1. The van der Waals surface area contributed by atoms with E-state index >= 15 is 0 Å². The molecule has 0 amide bonds. The van der Waals surface area contributed by atoms with E-state index in [1.807, 2.05) is 13.8 Å². The number of Topliss-reactive ketones (excluding diaryl/α,β-unsaturated/α-hetero) is 1. The highest BCUT2D eigenvalue weighted by atomic mass is 79.9. The minimum Gasteiger partial charge on any atom is -0.385 e. The summed E-state index contributed by atoms with van der Waals surface area (Å²) < 4.78 is 13.6. The average molecular weight is 317 g/mol. The summed E-state index contributed by atoms with van der Waals surface area (Å²) in [6.07, 6.45) is 0.604. The second-order valence-corrected chi connectivity index (χ2v) is 5.17. The summed E-state index contributed by atoms with van der Waals surface area (Å²) in [5.74, 6) is -0.669. The van der Waals surface area contributed by atoms with Gasteiger partial charge in [-0.1, -0.05) is 38.8 Å². The number of rotatable bonds is 6. The van der Waals surface area contributed by atoms with Gasteiger partial charge in [0.05, 0.1) is 4.47 Å². The Labute approximate surface area is 115 Å². The Kier molecular flexibility index (Phi) is 5.96. The van der Waals surface area contributed by atoms with Gasteiger partial charge in [-0.3, -0.25) is 4.79 Å². The van der Waals surface area contributed by atoms with Crippen LogP contribution in [0.1, 0.15) is 32.3 Å². The van der Waals surface area contributed by atoms with Gasteiger partial charge in [0, 0.05) is 6.42 Å². The highest BCUT2D eigenvalue weighted by Gasteiger charge is 2.24. The number of aliphatic hydroxyl groups is 1. The van der Waals surface area contributed by atoms with Crippen LogP contribution < -0.4 is 0 Å². The van der Waals surface area contributed by atoms with E-state index in [9.17, 15) is 14.3 Å². The first-order valence-electron chi connectivity index (χ1n) is 6.14. The molecule has 0 saturated carbocycles. The van der Waals surface area contributed by atoms with E-state index in [0.29, 0.717) is 10.0 Å². The molecule has 0 saturated heterocycles. The normalized spacial score (nSPS) is 12.8. The molecule has 1 atom stereocenters. The maximum Gasteiger partial charge on any atom is 0.165 e. The van der Waals surface area contributed by atoms with Crippen molar-refractivity contribution in [2.24, 2.45) is 5.92 Å². The van der Waals surface area contributed by atoms with Crippen LogP contribution in [0.3, 0.4) is 0 Å². The van der Waals surface area contributed by atoms with E-state index in [2.05, 4.69) is 15.9 Å². The van der Waals surface area contributed by atoms with Crippen molar-refractivity contribution in [1.29, 1.82) is 0 Å². The third-order valence-electron chi connectivity index (χ3n) is 3.22. The van der Waals surface area contributed by atoms with Crippen molar-refractivity contribution >= 4 is 21.7 Å². The smallest absolute Gasteiger partial charge is 0.165 e. The number of aliphatic hydroxyl groups excluding tert-OH is 1. The molecule has 0 radical (unpaired) electrons. The fourth-order valence-electron chi connectivity index (χ4n) is 1.98. The highest BCUT2D eigenvalue weighted by molar-refractivity contribution is 9.10. The zero-order valence-electron chi connectivity index (χ0n) is 10.6. The number of halogens is 2. The minimum absolute atomic E-state index is 0.0233. The molecule has 0 aliphatic carbocycles. The Morgan fingerprint density at radius 2 is 2.00 bits per heavy atom. The molecule has 18 heavy (non-hydrogen) atoms. The fourth-order valence-corrected chi connectivity index (χ4v) is 2.38. The molecular weight excluding hydrogens is 299 g/mol. The second kappa shape index (κ2) is 7.00. The molecule has 0 aromatic heterocycles. The standard InChI is InChI=1S/C14H18BrFO2/c1-3-9(4-2)14(18)12(17)8-10-6-5-7-11(16)13(10)15/h5-7,9,14,18H,3-4,8H2,1-2H3. The van der Waals surface area contributed by atoms with E-state index in [4.69, 9.17) is 0 Å². The van der Waals surface area contributed by atoms with Gasteiger partial charge in [-0.25, -0.2) is 4.39 Å². The molecule has 1 unspecified atom stereocenters. The summed E-state index contributed by atoms with van der Waals surface area (Å²) in [4.78, 5) is 11.9. The first kappa shape index (κ1) is 15.3. The van der Waals surface area contributed by atoms with E-state index in [1.54, 1.807) is 12.1 Å². The van der Waals surface area contributed by atoms with Crippen LogP contribution >= 0.6 is 15.9 Å². The molecule has 100 valence electrons. The predicted octanol–water partition coefficient (Wildman–Crippen LogP) is 3.50. The maximum atomic E-state index is 13.3. The van der Waals surface area contributed by atoms with E-state index in [-0.39, 0.29) is 18.1 Å². The van der Waals surface area contributed by atoms with Crippen molar-refractivity contribution < 1.29 is 14.3 Å². The average Bonchev–Trinajstić information content (AvgIpc) is 2.36. The molecule has 1 aromatic rings. The fraction of sp³-hybridized carbons (Fsp3) is 0.500. The Morgan fingerprint density at radius 3 is 2.56 bits per heavy atom. The molecule has 0 fully saturated rings. The van der Waals surface area contributed by atoms with Gasteiger partial charge in [0.1, 0.15) is 11.9 Å². The maximum absolute atomic E-state index is 13.3. The van der Waals surface area contributed by atoms with E-state index in [0.717, 1.165) is 12.8 Å². The monoisotopic (exact) mass is 316 g/mol. The van der Waals surface area contributed by atoms with Crippen LogP contribution in [0.2, 0.25) is 0 Å². The van der Waals surface area contributed by atoms with Crippen LogP contribution in [0.15, 0.2) is 22.7 Å². The lowest BCUT2D eigenvalue weighted by molar-refractivity contribution is -0.129. The third kappa shape index (κ3) is 3.62. The van der Waals surface area contributed by atoms with E-state index < -0.39 is 11.9 Å². The van der Waals surface area contributed by atoms with Crippen LogP contribution in [0.5, 0.6) is 0 Å². The summed E-state index contributed by atoms with van der Waals surface area (Å²) in [5, 5.41) is 9.94. The Morgan fingerprint density at radius 1 is 1.39 bits per heavy atom. The van der Waals surface area contributed by atoms with Crippen molar-refractivity contribution in [3.05, 3.63) is 34.1 Å². The quantitative estimate of drug-likeness (QED) is 0.872. The summed E-state index contributed by atoms with van der Waals surface area (Å²) in [7, 11) is 0. The topological polar surface area (TPSA) is 37.3 Å². The van der Waals surface area contributed by atoms with Gasteiger partial charge in [0.2, 0.25) is 0 Å². The molecule has 0 bridgehead atoms. The van der Waals surface area contributed by atoms with Gasteiger partial charge in [0.25, 0.3) is 0 Å². The van der Waals surface area contributed by atoms with Gasteiger partial charge in [0.15, 0.2) is 5.78 Å². The van der Waals surface area contributed by atoms with E-state index in [1.165, 1.54) is 6.07 Å². The molecule has 0 spiro atoms. The number of benzene rings is 1. The zero-order valence-corrected chi connectivity index (χ0v) is 12.2. The lowest BCUT2D eigenvalue weighted by Gasteiger charge is -2.19. The van der Waals surface area contributed by atoms with Crippen LogP contribution in [-0.2, 0) is 11.2 Å². The Hall–Kier alpha value is -0.740. The molecule has 0 heterocycles. The summed E-state index contributed by atoms with van der Waals surface area (Å²) in [5.41, 5.74) is 0.574. The highest BCUT2D eigenvalue weighted by Crippen LogP contribution is 2.22. The summed E-state index contributed by atoms with van der Waals surface area (Å²) >= 11 is 3.12. The van der Waals surface area contributed by atoms with Gasteiger partial charge in [-0.15, -0.1) is 0 Å². The molecule has 4 heteroatoms. The van der Waals surface area contributed by atoms with Crippen molar-refractivity contribution in [3.63, 3.8) is 0 Å². The number of hydrogen-bond acceptors (Lipinski definition) is 2. The van der Waals surface area contributed by atoms with Crippen LogP contribution in [0.4, 0.5) is 4.39 Å². The molecule has 1 rings (SSSR count). The third-order valence-corrected chi connectivity index (χ3v) is 4.11. The van der Waals surface area contributed by atoms with Crippen molar-refractivity contribution in [1.82, 2.24) is 0 Å². The van der Waals surface area contributed by atoms with Crippen molar-refractivity contribution in [3.8, 4) is 0 Å². The minimum atomic E-state index is -0.963. The molecule has 2 nitrogen and oxygen atoms in total. The SMILES string of the molecule is CCC(CC)C(O)C(=O)Cc1cccc(F)c1Br.